The van der Waals surface area contributed by atoms with Gasteiger partial charge in [0, 0.05) is 30.1 Å². The molecule has 2 aromatic carbocycles. The standard InChI is InChI=1S/C20H15N3O5S/c1-11(24)21-13-4-6-15-17(8-13)29-20(22-15)23-18(25)10-27-14-5-2-12-3-7-19(26)28-16(12)9-14/h2-9H,10H2,1H3,(H,21,24)(H,22,23,25). The maximum absolute atomic E-state index is 12.2. The fourth-order valence-electron chi connectivity index (χ4n) is 2.69. The zero-order chi connectivity index (χ0) is 20.4. The zero-order valence-electron chi connectivity index (χ0n) is 15.2. The monoisotopic (exact) mass is 409 g/mol. The smallest absolute Gasteiger partial charge is 0.336 e. The van der Waals surface area contributed by atoms with Crippen LogP contribution in [0, 0.1) is 0 Å². The second kappa shape index (κ2) is 7.72. The summed E-state index contributed by atoms with van der Waals surface area (Å²) in [7, 11) is 0. The molecule has 0 atom stereocenters. The summed E-state index contributed by atoms with van der Waals surface area (Å²) in [4.78, 5) is 39.0. The van der Waals surface area contributed by atoms with Crippen molar-refractivity contribution in [2.24, 2.45) is 0 Å². The van der Waals surface area contributed by atoms with E-state index in [1.54, 1.807) is 42.5 Å². The van der Waals surface area contributed by atoms with Gasteiger partial charge in [-0.1, -0.05) is 11.3 Å². The highest BCUT2D eigenvalue weighted by molar-refractivity contribution is 7.22. The molecule has 9 heteroatoms. The third-order valence-electron chi connectivity index (χ3n) is 3.92. The predicted octanol–water partition coefficient (Wildman–Crippen LogP) is 3.38. The Morgan fingerprint density at radius 1 is 1.10 bits per heavy atom. The Morgan fingerprint density at radius 3 is 2.76 bits per heavy atom. The highest BCUT2D eigenvalue weighted by Crippen LogP contribution is 2.28. The first-order valence-electron chi connectivity index (χ1n) is 8.61. The summed E-state index contributed by atoms with van der Waals surface area (Å²) in [5, 5.41) is 6.59. The minimum absolute atomic E-state index is 0.160. The normalized spacial score (nSPS) is 10.8. The number of thiazole rings is 1. The molecule has 0 fully saturated rings. The van der Waals surface area contributed by atoms with Crippen LogP contribution in [0.3, 0.4) is 0 Å². The predicted molar refractivity (Wildman–Crippen MR) is 111 cm³/mol. The molecular formula is C20H15N3O5S. The molecule has 0 bridgehead atoms. The first-order chi connectivity index (χ1) is 14.0. The number of aromatic nitrogens is 1. The Bertz CT molecular complexity index is 1290. The van der Waals surface area contributed by atoms with Crippen LogP contribution in [0.5, 0.6) is 5.75 Å². The summed E-state index contributed by atoms with van der Waals surface area (Å²) in [6.45, 7) is 1.21. The fourth-order valence-corrected chi connectivity index (χ4v) is 3.62. The molecule has 4 rings (SSSR count). The van der Waals surface area contributed by atoms with Crippen molar-refractivity contribution in [1.29, 1.82) is 0 Å². The number of nitrogens with one attached hydrogen (secondary N) is 2. The van der Waals surface area contributed by atoms with E-state index in [0.717, 1.165) is 10.1 Å². The second-order valence-electron chi connectivity index (χ2n) is 6.17. The lowest BCUT2D eigenvalue weighted by Gasteiger charge is -2.06. The Kier molecular flexibility index (Phi) is 4.96. The molecule has 2 heterocycles. The largest absolute Gasteiger partial charge is 0.484 e. The third kappa shape index (κ3) is 4.41. The summed E-state index contributed by atoms with van der Waals surface area (Å²) in [5.41, 5.74) is 1.31. The molecule has 0 aliphatic heterocycles. The van der Waals surface area contributed by atoms with Gasteiger partial charge in [0.05, 0.1) is 10.2 Å². The number of amides is 2. The molecule has 2 N–H and O–H groups in total. The molecule has 4 aromatic rings. The number of anilines is 2. The van der Waals surface area contributed by atoms with Crippen LogP contribution < -0.4 is 21.0 Å². The molecule has 0 saturated heterocycles. The summed E-state index contributed by atoms with van der Waals surface area (Å²) >= 11 is 1.29. The summed E-state index contributed by atoms with van der Waals surface area (Å²) in [6.07, 6.45) is 0. The van der Waals surface area contributed by atoms with Gasteiger partial charge in [-0.2, -0.15) is 0 Å². The van der Waals surface area contributed by atoms with E-state index in [0.29, 0.717) is 27.7 Å². The van der Waals surface area contributed by atoms with Crippen molar-refractivity contribution in [3.05, 3.63) is 59.0 Å². The number of nitrogens with zero attached hydrogens (tertiary/aromatic N) is 1. The zero-order valence-corrected chi connectivity index (χ0v) is 16.0. The van der Waals surface area contributed by atoms with Gasteiger partial charge in [0.2, 0.25) is 5.91 Å². The average Bonchev–Trinajstić information content (AvgIpc) is 3.07. The number of hydrogen-bond donors (Lipinski definition) is 2. The van der Waals surface area contributed by atoms with Crippen LogP contribution in [0.15, 0.2) is 57.7 Å². The lowest BCUT2D eigenvalue weighted by molar-refractivity contribution is -0.118. The lowest BCUT2D eigenvalue weighted by Crippen LogP contribution is -2.20. The van der Waals surface area contributed by atoms with Gasteiger partial charge in [0.15, 0.2) is 11.7 Å². The number of benzene rings is 2. The molecule has 29 heavy (non-hydrogen) atoms. The molecule has 2 aromatic heterocycles. The van der Waals surface area contributed by atoms with Gasteiger partial charge in [-0.3, -0.25) is 14.9 Å². The van der Waals surface area contributed by atoms with Gasteiger partial charge in [0.1, 0.15) is 11.3 Å². The highest BCUT2D eigenvalue weighted by Gasteiger charge is 2.10. The molecule has 0 aliphatic carbocycles. The number of carbonyl (C=O) groups excluding carboxylic acids is 2. The Balaban J connectivity index is 1.41. The minimum Gasteiger partial charge on any atom is -0.484 e. The number of carbonyl (C=O) groups is 2. The highest BCUT2D eigenvalue weighted by atomic mass is 32.1. The number of rotatable bonds is 5. The number of fused-ring (bicyclic) bond motifs is 2. The molecule has 8 nitrogen and oxygen atoms in total. The van der Waals surface area contributed by atoms with Gasteiger partial charge in [-0.05, 0) is 36.4 Å². The van der Waals surface area contributed by atoms with Crippen molar-refractivity contribution >= 4 is 55.2 Å². The van der Waals surface area contributed by atoms with Gasteiger partial charge in [0.25, 0.3) is 5.91 Å². The van der Waals surface area contributed by atoms with Crippen LogP contribution in [-0.2, 0) is 9.59 Å². The topological polar surface area (TPSA) is 111 Å². The SMILES string of the molecule is CC(=O)Nc1ccc2nc(NC(=O)COc3ccc4ccc(=O)oc4c3)sc2c1. The Labute approximate surface area is 168 Å². The van der Waals surface area contributed by atoms with Crippen molar-refractivity contribution in [2.45, 2.75) is 6.92 Å². The summed E-state index contributed by atoms with van der Waals surface area (Å²) in [5.74, 6) is -0.125. The van der Waals surface area contributed by atoms with E-state index in [1.807, 2.05) is 0 Å². The molecule has 0 saturated carbocycles. The molecule has 0 aliphatic rings. The maximum Gasteiger partial charge on any atom is 0.336 e. The van der Waals surface area contributed by atoms with Crippen molar-refractivity contribution < 1.29 is 18.7 Å². The van der Waals surface area contributed by atoms with Crippen LogP contribution in [0.25, 0.3) is 21.2 Å². The van der Waals surface area contributed by atoms with Gasteiger partial charge >= 0.3 is 5.63 Å². The van der Waals surface area contributed by atoms with E-state index in [2.05, 4.69) is 15.6 Å². The molecule has 2 amide bonds. The van der Waals surface area contributed by atoms with Crippen LogP contribution in [0.2, 0.25) is 0 Å². The number of ether oxygens (including phenoxy) is 1. The number of hydrogen-bond acceptors (Lipinski definition) is 7. The van der Waals surface area contributed by atoms with Crippen LogP contribution in [-0.4, -0.2) is 23.4 Å². The summed E-state index contributed by atoms with van der Waals surface area (Å²) < 4.78 is 11.4. The lowest BCUT2D eigenvalue weighted by atomic mass is 10.2. The second-order valence-corrected chi connectivity index (χ2v) is 7.20. The molecule has 0 spiro atoms. The Morgan fingerprint density at radius 2 is 1.93 bits per heavy atom. The van der Waals surface area contributed by atoms with E-state index < -0.39 is 5.63 Å². The van der Waals surface area contributed by atoms with E-state index >= 15 is 0 Å². The molecule has 0 unspecified atom stereocenters. The van der Waals surface area contributed by atoms with Crippen molar-refractivity contribution in [1.82, 2.24) is 4.98 Å². The van der Waals surface area contributed by atoms with E-state index in [4.69, 9.17) is 9.15 Å². The minimum atomic E-state index is -0.454. The quantitative estimate of drug-likeness (QED) is 0.489. The molecular weight excluding hydrogens is 394 g/mol. The summed E-state index contributed by atoms with van der Waals surface area (Å²) in [6, 6.07) is 13.3. The van der Waals surface area contributed by atoms with E-state index in [9.17, 15) is 14.4 Å². The van der Waals surface area contributed by atoms with Gasteiger partial charge < -0.3 is 14.5 Å². The maximum atomic E-state index is 12.2. The fraction of sp³-hybridized carbons (Fsp3) is 0.100. The van der Waals surface area contributed by atoms with Gasteiger partial charge in [-0.25, -0.2) is 9.78 Å². The van der Waals surface area contributed by atoms with E-state index in [-0.39, 0.29) is 18.4 Å². The molecule has 0 radical (unpaired) electrons. The van der Waals surface area contributed by atoms with Crippen molar-refractivity contribution in [3.63, 3.8) is 0 Å². The van der Waals surface area contributed by atoms with Crippen molar-refractivity contribution in [2.75, 3.05) is 17.2 Å². The van der Waals surface area contributed by atoms with E-state index in [1.165, 1.54) is 24.3 Å². The van der Waals surface area contributed by atoms with Crippen molar-refractivity contribution in [3.8, 4) is 5.75 Å². The Hall–Kier alpha value is -3.72. The first-order valence-corrected chi connectivity index (χ1v) is 9.43. The van der Waals surface area contributed by atoms with Crippen LogP contribution >= 0.6 is 11.3 Å². The van der Waals surface area contributed by atoms with Gasteiger partial charge in [-0.15, -0.1) is 0 Å². The average molecular weight is 409 g/mol. The van der Waals surface area contributed by atoms with Crippen LogP contribution in [0.4, 0.5) is 10.8 Å². The molecule has 146 valence electrons. The first kappa shape index (κ1) is 18.6. The third-order valence-corrected chi connectivity index (χ3v) is 4.85. The van der Waals surface area contributed by atoms with Crippen LogP contribution in [0.1, 0.15) is 6.92 Å².